The molecule has 3 nitrogen and oxygen atoms in total. The molecule has 0 aromatic carbocycles. The van der Waals surface area contributed by atoms with Crippen molar-refractivity contribution in [2.24, 2.45) is 5.73 Å². The molecule has 1 aliphatic rings. The van der Waals surface area contributed by atoms with Crippen LogP contribution in [-0.2, 0) is 9.53 Å². The molecule has 0 bridgehead atoms. The van der Waals surface area contributed by atoms with E-state index in [0.717, 1.165) is 12.8 Å². The van der Waals surface area contributed by atoms with Crippen LogP contribution < -0.4 is 5.73 Å². The average Bonchev–Trinajstić information content (AvgIpc) is 1.93. The Hall–Kier alpha value is -0.830. The van der Waals surface area contributed by atoms with Gasteiger partial charge in [-0.15, -0.1) is 0 Å². The van der Waals surface area contributed by atoms with Crippen molar-refractivity contribution in [2.75, 3.05) is 0 Å². The van der Waals surface area contributed by atoms with Crippen molar-refractivity contribution < 1.29 is 9.53 Å². The highest BCUT2D eigenvalue weighted by molar-refractivity contribution is 5.66. The Balaban J connectivity index is 2.38. The number of carbonyl (C=O) groups excluding carboxylic acids is 1. The van der Waals surface area contributed by atoms with E-state index in [-0.39, 0.29) is 18.1 Å². The fourth-order valence-electron chi connectivity index (χ4n) is 1.13. The maximum absolute atomic E-state index is 10.5. The third kappa shape index (κ3) is 2.72. The summed E-state index contributed by atoms with van der Waals surface area (Å²) in [5, 5.41) is 0. The van der Waals surface area contributed by atoms with Crippen LogP contribution in [0.25, 0.3) is 0 Å². The molecule has 3 heteroatoms. The van der Waals surface area contributed by atoms with Gasteiger partial charge < -0.3 is 10.5 Å². The van der Waals surface area contributed by atoms with Gasteiger partial charge in [0.2, 0.25) is 0 Å². The lowest BCUT2D eigenvalue weighted by Gasteiger charge is -2.19. The first kappa shape index (κ1) is 8.27. The SMILES string of the molecule is CC(=O)O[C@@H]1C=C[C@H](N)CC1. The zero-order valence-corrected chi connectivity index (χ0v) is 6.62. The largest absolute Gasteiger partial charge is 0.458 e. The fourth-order valence-corrected chi connectivity index (χ4v) is 1.13. The molecule has 62 valence electrons. The zero-order chi connectivity index (χ0) is 8.27. The summed E-state index contributed by atoms with van der Waals surface area (Å²) in [7, 11) is 0. The molecule has 0 unspecified atom stereocenters. The van der Waals surface area contributed by atoms with Crippen molar-refractivity contribution in [3.05, 3.63) is 12.2 Å². The molecule has 0 amide bonds. The molecular weight excluding hydrogens is 142 g/mol. The number of ether oxygens (including phenoxy) is 1. The summed E-state index contributed by atoms with van der Waals surface area (Å²) in [6.45, 7) is 1.42. The first-order valence-corrected chi connectivity index (χ1v) is 3.79. The predicted molar refractivity (Wildman–Crippen MR) is 41.9 cm³/mol. The smallest absolute Gasteiger partial charge is 0.303 e. The quantitative estimate of drug-likeness (QED) is 0.445. The second-order valence-electron chi connectivity index (χ2n) is 2.77. The Kier molecular flexibility index (Phi) is 2.65. The molecular formula is C8H13NO2. The molecule has 0 saturated heterocycles. The van der Waals surface area contributed by atoms with Gasteiger partial charge in [-0.25, -0.2) is 0 Å². The number of esters is 1. The van der Waals surface area contributed by atoms with Gasteiger partial charge in [0, 0.05) is 13.0 Å². The molecule has 0 aromatic rings. The second kappa shape index (κ2) is 3.53. The van der Waals surface area contributed by atoms with Crippen molar-refractivity contribution in [1.29, 1.82) is 0 Å². The molecule has 0 spiro atoms. The minimum absolute atomic E-state index is 0.0488. The van der Waals surface area contributed by atoms with E-state index in [2.05, 4.69) is 0 Å². The van der Waals surface area contributed by atoms with Gasteiger partial charge >= 0.3 is 5.97 Å². The molecule has 2 atom stereocenters. The van der Waals surface area contributed by atoms with E-state index in [1.54, 1.807) is 0 Å². The average molecular weight is 155 g/mol. The molecule has 0 fully saturated rings. The number of hydrogen-bond acceptors (Lipinski definition) is 3. The third-order valence-electron chi connectivity index (χ3n) is 1.67. The van der Waals surface area contributed by atoms with Crippen LogP contribution in [-0.4, -0.2) is 18.1 Å². The summed E-state index contributed by atoms with van der Waals surface area (Å²) in [5.74, 6) is -0.227. The minimum atomic E-state index is -0.227. The molecule has 0 saturated carbocycles. The third-order valence-corrected chi connectivity index (χ3v) is 1.67. The van der Waals surface area contributed by atoms with Crippen LogP contribution in [0.4, 0.5) is 0 Å². The van der Waals surface area contributed by atoms with E-state index in [1.807, 2.05) is 12.2 Å². The molecule has 1 rings (SSSR count). The van der Waals surface area contributed by atoms with E-state index in [4.69, 9.17) is 10.5 Å². The second-order valence-corrected chi connectivity index (χ2v) is 2.77. The highest BCUT2D eigenvalue weighted by Crippen LogP contribution is 2.12. The molecule has 0 heterocycles. The highest BCUT2D eigenvalue weighted by Gasteiger charge is 2.14. The molecule has 2 N–H and O–H groups in total. The van der Waals surface area contributed by atoms with Gasteiger partial charge in [-0.05, 0) is 18.9 Å². The fraction of sp³-hybridized carbons (Fsp3) is 0.625. The van der Waals surface area contributed by atoms with Crippen LogP contribution in [0, 0.1) is 0 Å². The number of rotatable bonds is 1. The molecule has 0 aliphatic heterocycles. The van der Waals surface area contributed by atoms with Gasteiger partial charge in [0.05, 0.1) is 0 Å². The van der Waals surface area contributed by atoms with Gasteiger partial charge in [0.1, 0.15) is 6.10 Å². The Morgan fingerprint density at radius 3 is 2.73 bits per heavy atom. The number of carbonyl (C=O) groups is 1. The normalized spacial score (nSPS) is 30.0. The maximum atomic E-state index is 10.5. The molecule has 11 heavy (non-hydrogen) atoms. The molecule has 0 aromatic heterocycles. The monoisotopic (exact) mass is 155 g/mol. The lowest BCUT2D eigenvalue weighted by atomic mass is 10.0. The van der Waals surface area contributed by atoms with E-state index < -0.39 is 0 Å². The lowest BCUT2D eigenvalue weighted by molar-refractivity contribution is -0.144. The van der Waals surface area contributed by atoms with Gasteiger partial charge in [-0.3, -0.25) is 4.79 Å². The number of nitrogens with two attached hydrogens (primary N) is 1. The van der Waals surface area contributed by atoms with E-state index >= 15 is 0 Å². The summed E-state index contributed by atoms with van der Waals surface area (Å²) in [5.41, 5.74) is 5.60. The summed E-state index contributed by atoms with van der Waals surface area (Å²) < 4.78 is 4.96. The Morgan fingerprint density at radius 1 is 1.55 bits per heavy atom. The Morgan fingerprint density at radius 2 is 2.27 bits per heavy atom. The topological polar surface area (TPSA) is 52.3 Å². The van der Waals surface area contributed by atoms with Gasteiger partial charge in [-0.1, -0.05) is 6.08 Å². The molecule has 1 aliphatic carbocycles. The highest BCUT2D eigenvalue weighted by atomic mass is 16.5. The van der Waals surface area contributed by atoms with Crippen LogP contribution in [0.3, 0.4) is 0 Å². The Bertz CT molecular complexity index is 177. The first-order valence-electron chi connectivity index (χ1n) is 3.79. The van der Waals surface area contributed by atoms with E-state index in [0.29, 0.717) is 0 Å². The van der Waals surface area contributed by atoms with Crippen molar-refractivity contribution in [3.8, 4) is 0 Å². The summed E-state index contributed by atoms with van der Waals surface area (Å²) in [6, 6.07) is 0.141. The summed E-state index contributed by atoms with van der Waals surface area (Å²) >= 11 is 0. The van der Waals surface area contributed by atoms with E-state index in [9.17, 15) is 4.79 Å². The van der Waals surface area contributed by atoms with Crippen LogP contribution in [0.5, 0.6) is 0 Å². The van der Waals surface area contributed by atoms with Crippen LogP contribution >= 0.6 is 0 Å². The predicted octanol–water partition coefficient (Wildman–Crippen LogP) is 0.595. The number of hydrogen-bond donors (Lipinski definition) is 1. The maximum Gasteiger partial charge on any atom is 0.303 e. The van der Waals surface area contributed by atoms with Gasteiger partial charge in [-0.2, -0.15) is 0 Å². The van der Waals surface area contributed by atoms with Crippen molar-refractivity contribution in [2.45, 2.75) is 31.9 Å². The van der Waals surface area contributed by atoms with Crippen molar-refractivity contribution in [3.63, 3.8) is 0 Å². The standard InChI is InChI=1S/C8H13NO2/c1-6(10)11-8-4-2-7(9)3-5-8/h2,4,7-8H,3,5,9H2,1H3/t7-,8+/m0/s1. The zero-order valence-electron chi connectivity index (χ0n) is 6.62. The van der Waals surface area contributed by atoms with Gasteiger partial charge in [0.25, 0.3) is 0 Å². The first-order chi connectivity index (χ1) is 5.18. The van der Waals surface area contributed by atoms with Crippen LogP contribution in [0.1, 0.15) is 19.8 Å². The van der Waals surface area contributed by atoms with Gasteiger partial charge in [0.15, 0.2) is 0 Å². The van der Waals surface area contributed by atoms with Crippen LogP contribution in [0.15, 0.2) is 12.2 Å². The summed E-state index contributed by atoms with van der Waals surface area (Å²) in [6.07, 6.45) is 5.44. The van der Waals surface area contributed by atoms with Crippen LogP contribution in [0.2, 0.25) is 0 Å². The van der Waals surface area contributed by atoms with E-state index in [1.165, 1.54) is 6.92 Å². The van der Waals surface area contributed by atoms with Crippen molar-refractivity contribution >= 4 is 5.97 Å². The van der Waals surface area contributed by atoms with Crippen molar-refractivity contribution in [1.82, 2.24) is 0 Å². The Labute approximate surface area is 66.2 Å². The molecule has 0 radical (unpaired) electrons. The lowest BCUT2D eigenvalue weighted by Crippen LogP contribution is -2.26. The minimum Gasteiger partial charge on any atom is -0.458 e. The summed E-state index contributed by atoms with van der Waals surface area (Å²) in [4.78, 5) is 10.5.